The number of nitrogens with zero attached hydrogens (tertiary/aromatic N) is 2. The minimum Gasteiger partial charge on any atom is -0.493 e. The minimum absolute atomic E-state index is 0.0480. The van der Waals surface area contributed by atoms with Crippen molar-refractivity contribution in [1.29, 1.82) is 5.26 Å². The van der Waals surface area contributed by atoms with Crippen molar-refractivity contribution in [1.82, 2.24) is 4.90 Å². The molecule has 1 saturated heterocycles. The molecule has 0 aliphatic carbocycles. The number of nitrogens with one attached hydrogen (secondary N) is 1. The molecule has 172 valence electrons. The van der Waals surface area contributed by atoms with E-state index in [-0.39, 0.29) is 18.1 Å². The van der Waals surface area contributed by atoms with Gasteiger partial charge in [-0.25, -0.2) is 0 Å². The first kappa shape index (κ1) is 23.8. The molecule has 2 aromatic rings. The van der Waals surface area contributed by atoms with Gasteiger partial charge < -0.3 is 24.4 Å². The fourth-order valence-electron chi connectivity index (χ4n) is 3.40. The Bertz CT molecular complexity index is 1100. The van der Waals surface area contributed by atoms with Crippen LogP contribution in [0.5, 0.6) is 11.5 Å². The van der Waals surface area contributed by atoms with Gasteiger partial charge in [-0.1, -0.05) is 23.8 Å². The maximum Gasteiger partial charge on any atom is 0.266 e. The number of morpholine rings is 1. The van der Waals surface area contributed by atoms with Crippen molar-refractivity contribution in [3.8, 4) is 17.6 Å². The maximum atomic E-state index is 12.6. The predicted molar refractivity (Wildman–Crippen MR) is 124 cm³/mol. The molecule has 1 N–H and O–H groups in total. The maximum absolute atomic E-state index is 12.6. The third kappa shape index (κ3) is 6.34. The van der Waals surface area contributed by atoms with Crippen LogP contribution < -0.4 is 14.8 Å². The molecule has 0 bridgehead atoms. The van der Waals surface area contributed by atoms with Gasteiger partial charge >= 0.3 is 0 Å². The Kier molecular flexibility index (Phi) is 8.06. The van der Waals surface area contributed by atoms with Crippen molar-refractivity contribution >= 4 is 23.6 Å². The number of hydrogen-bond acceptors (Lipinski definition) is 6. The SMILES string of the molecule is COc1cc(/C=C(\C#N)C(=O)Nc2ccc(C)cc2C)ccc1OCC(=O)N1CCOCC1. The second-order valence-electron chi connectivity index (χ2n) is 7.63. The fraction of sp³-hybridized carbons (Fsp3) is 0.320. The first-order valence-corrected chi connectivity index (χ1v) is 10.6. The van der Waals surface area contributed by atoms with Crippen LogP contribution in [0.4, 0.5) is 5.69 Å². The Morgan fingerprint density at radius 1 is 1.15 bits per heavy atom. The Hall–Kier alpha value is -3.83. The van der Waals surface area contributed by atoms with Crippen molar-refractivity contribution in [2.45, 2.75) is 13.8 Å². The molecule has 3 rings (SSSR count). The van der Waals surface area contributed by atoms with Crippen LogP contribution in [0.1, 0.15) is 16.7 Å². The number of rotatable bonds is 7. The summed E-state index contributed by atoms with van der Waals surface area (Å²) in [6, 6.07) is 12.6. The lowest BCUT2D eigenvalue weighted by atomic mass is 10.1. The third-order valence-electron chi connectivity index (χ3n) is 5.21. The first-order valence-electron chi connectivity index (χ1n) is 10.6. The molecule has 0 radical (unpaired) electrons. The van der Waals surface area contributed by atoms with E-state index in [2.05, 4.69) is 5.32 Å². The monoisotopic (exact) mass is 449 g/mol. The zero-order chi connectivity index (χ0) is 23.8. The Morgan fingerprint density at radius 2 is 1.91 bits per heavy atom. The van der Waals surface area contributed by atoms with Gasteiger partial charge in [-0.3, -0.25) is 9.59 Å². The second-order valence-corrected chi connectivity index (χ2v) is 7.63. The average molecular weight is 450 g/mol. The lowest BCUT2D eigenvalue weighted by Crippen LogP contribution is -2.43. The van der Waals surface area contributed by atoms with E-state index in [1.807, 2.05) is 38.1 Å². The number of benzene rings is 2. The molecule has 0 spiro atoms. The third-order valence-corrected chi connectivity index (χ3v) is 5.21. The topological polar surface area (TPSA) is 101 Å². The molecule has 2 amide bonds. The van der Waals surface area contributed by atoms with Gasteiger partial charge in [-0.05, 0) is 49.2 Å². The molecule has 8 nitrogen and oxygen atoms in total. The second kappa shape index (κ2) is 11.2. The molecular formula is C25H27N3O5. The van der Waals surface area contributed by atoms with Gasteiger partial charge in [-0.2, -0.15) is 5.26 Å². The highest BCUT2D eigenvalue weighted by Crippen LogP contribution is 2.29. The van der Waals surface area contributed by atoms with E-state index >= 15 is 0 Å². The summed E-state index contributed by atoms with van der Waals surface area (Å²) in [5.74, 6) is 0.166. The predicted octanol–water partition coefficient (Wildman–Crippen LogP) is 3.10. The van der Waals surface area contributed by atoms with E-state index in [4.69, 9.17) is 14.2 Å². The van der Waals surface area contributed by atoms with Crippen LogP contribution in [0.25, 0.3) is 6.08 Å². The normalized spacial score (nSPS) is 13.8. The van der Waals surface area contributed by atoms with Crippen LogP contribution >= 0.6 is 0 Å². The molecule has 1 aliphatic rings. The number of carbonyl (C=O) groups excluding carboxylic acids is 2. The summed E-state index contributed by atoms with van der Waals surface area (Å²) >= 11 is 0. The number of aryl methyl sites for hydroxylation is 2. The van der Waals surface area contributed by atoms with Gasteiger partial charge in [0.1, 0.15) is 11.6 Å². The summed E-state index contributed by atoms with van der Waals surface area (Å²) in [7, 11) is 1.48. The Labute approximate surface area is 193 Å². The van der Waals surface area contributed by atoms with Crippen molar-refractivity contribution in [3.63, 3.8) is 0 Å². The summed E-state index contributed by atoms with van der Waals surface area (Å²) in [5.41, 5.74) is 3.19. The lowest BCUT2D eigenvalue weighted by Gasteiger charge is -2.26. The highest BCUT2D eigenvalue weighted by molar-refractivity contribution is 6.10. The van der Waals surface area contributed by atoms with Crippen LogP contribution in [0.15, 0.2) is 42.0 Å². The zero-order valence-electron chi connectivity index (χ0n) is 19.0. The van der Waals surface area contributed by atoms with E-state index < -0.39 is 5.91 Å². The van der Waals surface area contributed by atoms with E-state index in [0.717, 1.165) is 11.1 Å². The largest absolute Gasteiger partial charge is 0.493 e. The summed E-state index contributed by atoms with van der Waals surface area (Å²) in [5, 5.41) is 12.3. The average Bonchev–Trinajstić information content (AvgIpc) is 2.83. The number of nitriles is 1. The van der Waals surface area contributed by atoms with E-state index in [1.165, 1.54) is 13.2 Å². The van der Waals surface area contributed by atoms with Gasteiger partial charge in [0.25, 0.3) is 11.8 Å². The molecule has 0 unspecified atom stereocenters. The lowest BCUT2D eigenvalue weighted by molar-refractivity contribution is -0.137. The summed E-state index contributed by atoms with van der Waals surface area (Å²) in [6.07, 6.45) is 1.48. The molecule has 8 heteroatoms. The van der Waals surface area contributed by atoms with Gasteiger partial charge in [-0.15, -0.1) is 0 Å². The van der Waals surface area contributed by atoms with Gasteiger partial charge in [0.2, 0.25) is 0 Å². The number of anilines is 1. The van der Waals surface area contributed by atoms with Crippen LogP contribution in [0, 0.1) is 25.2 Å². The molecule has 1 fully saturated rings. The van der Waals surface area contributed by atoms with Crippen LogP contribution in [0.3, 0.4) is 0 Å². The van der Waals surface area contributed by atoms with Gasteiger partial charge in [0, 0.05) is 18.8 Å². The molecule has 1 aliphatic heterocycles. The summed E-state index contributed by atoms with van der Waals surface area (Å²) < 4.78 is 16.3. The highest BCUT2D eigenvalue weighted by Gasteiger charge is 2.18. The van der Waals surface area contributed by atoms with Crippen molar-refractivity contribution < 1.29 is 23.8 Å². The van der Waals surface area contributed by atoms with Gasteiger partial charge in [0.15, 0.2) is 18.1 Å². The molecule has 2 aromatic carbocycles. The number of amides is 2. The molecule has 0 atom stereocenters. The Balaban J connectivity index is 1.70. The first-order chi connectivity index (χ1) is 15.9. The minimum atomic E-state index is -0.500. The standard InChI is InChI=1S/C25H27N3O5/c1-17-4-6-21(18(2)12-17)27-25(30)20(15-26)13-19-5-7-22(23(14-19)31-3)33-16-24(29)28-8-10-32-11-9-28/h4-7,12-14H,8-11,16H2,1-3H3,(H,27,30)/b20-13+. The van der Waals surface area contributed by atoms with Gasteiger partial charge in [0.05, 0.1) is 20.3 Å². The van der Waals surface area contributed by atoms with Crippen molar-refractivity contribution in [3.05, 3.63) is 58.7 Å². The van der Waals surface area contributed by atoms with Crippen LogP contribution in [0.2, 0.25) is 0 Å². The van der Waals surface area contributed by atoms with E-state index in [1.54, 1.807) is 23.1 Å². The zero-order valence-corrected chi connectivity index (χ0v) is 19.0. The summed E-state index contributed by atoms with van der Waals surface area (Å²) in [6.45, 7) is 5.88. The van der Waals surface area contributed by atoms with Crippen molar-refractivity contribution in [2.75, 3.05) is 45.3 Å². The van der Waals surface area contributed by atoms with Crippen LogP contribution in [-0.4, -0.2) is 56.7 Å². The molecule has 33 heavy (non-hydrogen) atoms. The number of ether oxygens (including phenoxy) is 3. The fourth-order valence-corrected chi connectivity index (χ4v) is 3.40. The van der Waals surface area contributed by atoms with E-state index in [0.29, 0.717) is 49.1 Å². The molecule has 0 aromatic heterocycles. The molecular weight excluding hydrogens is 422 g/mol. The quantitative estimate of drug-likeness (QED) is 0.515. The van der Waals surface area contributed by atoms with E-state index in [9.17, 15) is 14.9 Å². The Morgan fingerprint density at radius 3 is 2.58 bits per heavy atom. The number of methoxy groups -OCH3 is 1. The summed E-state index contributed by atoms with van der Waals surface area (Å²) in [4.78, 5) is 26.6. The van der Waals surface area contributed by atoms with Crippen LogP contribution in [-0.2, 0) is 14.3 Å². The number of hydrogen-bond donors (Lipinski definition) is 1. The van der Waals surface area contributed by atoms with Crippen molar-refractivity contribution in [2.24, 2.45) is 0 Å². The number of carbonyl (C=O) groups is 2. The molecule has 1 heterocycles. The molecule has 0 saturated carbocycles. The highest BCUT2D eigenvalue weighted by atomic mass is 16.5. The smallest absolute Gasteiger partial charge is 0.266 e.